The van der Waals surface area contributed by atoms with E-state index < -0.39 is 0 Å². The molecule has 0 radical (unpaired) electrons. The molecule has 0 unspecified atom stereocenters. The Morgan fingerprint density at radius 3 is 0.800 bits per heavy atom. The number of rotatable bonds is 24. The Balaban J connectivity index is 4.96. The molecule has 0 atom stereocenters. The van der Waals surface area contributed by atoms with Crippen LogP contribution in [0.4, 0.5) is 0 Å². The minimum absolute atomic E-state index is 1.05. The van der Waals surface area contributed by atoms with Crippen molar-refractivity contribution < 1.29 is 0 Å². The molecular weight excluding hydrogens is 438 g/mol. The normalized spacial score (nSPS) is 12.9. The van der Waals surface area contributed by atoms with Crippen LogP contribution in [0.1, 0.15) is 0 Å². The maximum absolute atomic E-state index is 3.65. The second kappa shape index (κ2) is 21.7. The minimum Gasteiger partial charge on any atom is -0.314 e. The summed E-state index contributed by atoms with van der Waals surface area (Å²) >= 11 is 0. The van der Waals surface area contributed by atoms with Crippen LogP contribution in [-0.4, -0.2) is 214 Å². The molecule has 0 aromatic heterocycles. The van der Waals surface area contributed by atoms with E-state index in [4.69, 9.17) is 0 Å². The summed E-state index contributed by atoms with van der Waals surface area (Å²) < 4.78 is 0. The molecule has 0 aliphatic carbocycles. The monoisotopic (exact) mass is 502 g/mol. The predicted molar refractivity (Wildman–Crippen MR) is 155 cm³/mol. The van der Waals surface area contributed by atoms with Crippen LogP contribution in [0.15, 0.2) is 0 Å². The SMILES string of the molecule is CN(C)CCNCCN(CCN(CCN(C)C)CCN(C)C)CCN(CCN(C)C)CCN(C)C. The van der Waals surface area contributed by atoms with Gasteiger partial charge in [-0.1, -0.05) is 0 Å². The molecule has 9 heteroatoms. The first-order valence-corrected chi connectivity index (χ1v) is 13.6. The number of hydrogen-bond donors (Lipinski definition) is 1. The van der Waals surface area contributed by atoms with Crippen LogP contribution in [-0.2, 0) is 0 Å². The van der Waals surface area contributed by atoms with Crippen LogP contribution in [0.3, 0.4) is 0 Å². The Bertz CT molecular complexity index is 402. The van der Waals surface area contributed by atoms with Crippen molar-refractivity contribution in [3.63, 3.8) is 0 Å². The Hall–Kier alpha value is -0.360. The first-order chi connectivity index (χ1) is 16.5. The zero-order valence-electron chi connectivity index (χ0n) is 25.4. The quantitative estimate of drug-likeness (QED) is 0.173. The highest BCUT2D eigenvalue weighted by molar-refractivity contribution is 4.70. The number of likely N-dealkylation sites (N-methyl/N-ethyl adjacent to an activating group) is 5. The number of hydrogen-bond acceptors (Lipinski definition) is 9. The van der Waals surface area contributed by atoms with Crippen molar-refractivity contribution in [2.75, 3.05) is 175 Å². The van der Waals surface area contributed by atoms with Gasteiger partial charge in [-0.15, -0.1) is 0 Å². The van der Waals surface area contributed by atoms with Crippen molar-refractivity contribution >= 4 is 0 Å². The van der Waals surface area contributed by atoms with Crippen molar-refractivity contribution in [2.45, 2.75) is 0 Å². The maximum Gasteiger partial charge on any atom is 0.0110 e. The molecule has 212 valence electrons. The molecule has 0 saturated heterocycles. The molecule has 0 rings (SSSR count). The average molecular weight is 502 g/mol. The summed E-state index contributed by atoms with van der Waals surface area (Å²) in [5.74, 6) is 0. The highest BCUT2D eigenvalue weighted by Gasteiger charge is 2.13. The van der Waals surface area contributed by atoms with Crippen LogP contribution >= 0.6 is 0 Å². The van der Waals surface area contributed by atoms with Gasteiger partial charge in [0.15, 0.2) is 0 Å². The standard InChI is InChI=1S/C26H63N9/c1-28(2)13-11-27-12-14-33(23-25-34(19-15-29(3)4)20-16-30(5)6)24-26-35(21-17-31(7)8)22-18-32(9)10/h27H,11-26H2,1-10H3. The fourth-order valence-electron chi connectivity index (χ4n) is 3.60. The van der Waals surface area contributed by atoms with Gasteiger partial charge in [0, 0.05) is 105 Å². The number of nitrogens with zero attached hydrogens (tertiary/aromatic N) is 8. The molecule has 0 aliphatic heterocycles. The van der Waals surface area contributed by atoms with E-state index in [-0.39, 0.29) is 0 Å². The van der Waals surface area contributed by atoms with Gasteiger partial charge >= 0.3 is 0 Å². The lowest BCUT2D eigenvalue weighted by atomic mass is 10.3. The van der Waals surface area contributed by atoms with Gasteiger partial charge in [0.25, 0.3) is 0 Å². The van der Waals surface area contributed by atoms with Crippen molar-refractivity contribution in [1.29, 1.82) is 0 Å². The third kappa shape index (κ3) is 23.8. The molecule has 35 heavy (non-hydrogen) atoms. The molecule has 0 heterocycles. The van der Waals surface area contributed by atoms with Gasteiger partial charge in [-0.3, -0.25) is 14.7 Å². The lowest BCUT2D eigenvalue weighted by Gasteiger charge is -2.32. The van der Waals surface area contributed by atoms with E-state index in [9.17, 15) is 0 Å². The van der Waals surface area contributed by atoms with E-state index in [1.165, 1.54) is 0 Å². The zero-order valence-corrected chi connectivity index (χ0v) is 25.4. The van der Waals surface area contributed by atoms with E-state index in [0.29, 0.717) is 0 Å². The smallest absolute Gasteiger partial charge is 0.0110 e. The van der Waals surface area contributed by atoms with Gasteiger partial charge in [0.2, 0.25) is 0 Å². The van der Waals surface area contributed by atoms with Crippen LogP contribution in [0.2, 0.25) is 0 Å². The Labute approximate surface area is 219 Å². The summed E-state index contributed by atoms with van der Waals surface area (Å²) in [5, 5.41) is 3.65. The number of nitrogens with one attached hydrogen (secondary N) is 1. The van der Waals surface area contributed by atoms with Gasteiger partial charge in [-0.25, -0.2) is 0 Å². The maximum atomic E-state index is 3.65. The molecule has 0 aliphatic rings. The summed E-state index contributed by atoms with van der Waals surface area (Å²) in [7, 11) is 21.7. The third-order valence-corrected chi connectivity index (χ3v) is 6.26. The van der Waals surface area contributed by atoms with Crippen molar-refractivity contribution in [3.05, 3.63) is 0 Å². The van der Waals surface area contributed by atoms with Gasteiger partial charge < -0.3 is 29.8 Å². The van der Waals surface area contributed by atoms with E-state index in [2.05, 4.69) is 115 Å². The topological polar surface area (TPSA) is 38.0 Å². The predicted octanol–water partition coefficient (Wildman–Crippen LogP) is -0.710. The van der Waals surface area contributed by atoms with Gasteiger partial charge in [0.05, 0.1) is 0 Å². The third-order valence-electron chi connectivity index (χ3n) is 6.26. The van der Waals surface area contributed by atoms with Crippen LogP contribution in [0.5, 0.6) is 0 Å². The highest BCUT2D eigenvalue weighted by atomic mass is 15.3. The lowest BCUT2D eigenvalue weighted by Crippen LogP contribution is -2.46. The summed E-state index contributed by atoms with van der Waals surface area (Å²) in [5.41, 5.74) is 0. The molecule has 0 aromatic carbocycles. The van der Waals surface area contributed by atoms with Gasteiger partial charge in [-0.2, -0.15) is 0 Å². The Morgan fingerprint density at radius 1 is 0.286 bits per heavy atom. The summed E-state index contributed by atoms with van der Waals surface area (Å²) in [6, 6.07) is 0. The molecule has 0 aromatic rings. The minimum atomic E-state index is 1.05. The average Bonchev–Trinajstić information content (AvgIpc) is 2.75. The molecule has 0 amide bonds. The largest absolute Gasteiger partial charge is 0.314 e. The van der Waals surface area contributed by atoms with Gasteiger partial charge in [-0.05, 0) is 70.5 Å². The fourth-order valence-corrected chi connectivity index (χ4v) is 3.60. The van der Waals surface area contributed by atoms with E-state index >= 15 is 0 Å². The van der Waals surface area contributed by atoms with E-state index in [0.717, 1.165) is 105 Å². The summed E-state index contributed by atoms with van der Waals surface area (Å²) in [6.07, 6.45) is 0. The van der Waals surface area contributed by atoms with Gasteiger partial charge in [0.1, 0.15) is 0 Å². The van der Waals surface area contributed by atoms with Crippen LogP contribution in [0.25, 0.3) is 0 Å². The summed E-state index contributed by atoms with van der Waals surface area (Å²) in [6.45, 7) is 17.8. The van der Waals surface area contributed by atoms with Crippen molar-refractivity contribution in [3.8, 4) is 0 Å². The Kier molecular flexibility index (Phi) is 21.5. The van der Waals surface area contributed by atoms with Crippen LogP contribution < -0.4 is 5.32 Å². The molecule has 1 N–H and O–H groups in total. The van der Waals surface area contributed by atoms with E-state index in [1.54, 1.807) is 0 Å². The molecule has 0 bridgehead atoms. The second-order valence-electron chi connectivity index (χ2n) is 11.3. The fraction of sp³-hybridized carbons (Fsp3) is 1.00. The van der Waals surface area contributed by atoms with E-state index in [1.807, 2.05) is 0 Å². The lowest BCUT2D eigenvalue weighted by molar-refractivity contribution is 0.155. The first-order valence-electron chi connectivity index (χ1n) is 13.6. The molecular formula is C26H63N9. The van der Waals surface area contributed by atoms with Crippen molar-refractivity contribution in [1.82, 2.24) is 44.5 Å². The first kappa shape index (κ1) is 34.6. The van der Waals surface area contributed by atoms with Crippen molar-refractivity contribution in [2.24, 2.45) is 0 Å². The Morgan fingerprint density at radius 2 is 0.514 bits per heavy atom. The molecule has 9 nitrogen and oxygen atoms in total. The van der Waals surface area contributed by atoms with Crippen LogP contribution in [0, 0.1) is 0 Å². The second-order valence-corrected chi connectivity index (χ2v) is 11.3. The molecule has 0 saturated carbocycles. The molecule has 0 spiro atoms. The summed E-state index contributed by atoms with van der Waals surface area (Å²) in [4.78, 5) is 19.4. The molecule has 0 fully saturated rings. The zero-order chi connectivity index (χ0) is 26.6. The highest BCUT2D eigenvalue weighted by Crippen LogP contribution is 1.98.